The SMILES string of the molecule is Cc1cc(Oc2nccnc2Cl)ccc1F. The molecule has 1 aromatic heterocycles. The minimum absolute atomic E-state index is 0.171. The van der Waals surface area contributed by atoms with Gasteiger partial charge in [-0.1, -0.05) is 11.6 Å². The summed E-state index contributed by atoms with van der Waals surface area (Å²) in [6, 6.07) is 4.41. The molecule has 1 aromatic carbocycles. The lowest BCUT2D eigenvalue weighted by Crippen LogP contribution is -1.91. The number of nitrogens with zero attached hydrogens (tertiary/aromatic N) is 2. The molecule has 0 saturated carbocycles. The van der Waals surface area contributed by atoms with E-state index in [0.29, 0.717) is 11.3 Å². The standard InChI is InChI=1S/C11H8ClFN2O/c1-7-6-8(2-3-9(7)13)16-11-10(12)14-4-5-15-11/h2-6H,1H3. The maximum atomic E-state index is 13.0. The molecule has 0 aliphatic heterocycles. The van der Waals surface area contributed by atoms with E-state index in [1.54, 1.807) is 13.0 Å². The number of hydrogen-bond donors (Lipinski definition) is 0. The fourth-order valence-electron chi connectivity index (χ4n) is 1.17. The van der Waals surface area contributed by atoms with Crippen molar-refractivity contribution >= 4 is 11.6 Å². The van der Waals surface area contributed by atoms with Crippen LogP contribution in [-0.2, 0) is 0 Å². The normalized spacial score (nSPS) is 10.2. The van der Waals surface area contributed by atoms with Gasteiger partial charge in [0.2, 0.25) is 0 Å². The molecule has 0 aliphatic carbocycles. The lowest BCUT2D eigenvalue weighted by atomic mass is 10.2. The third kappa shape index (κ3) is 2.28. The van der Waals surface area contributed by atoms with Gasteiger partial charge in [0.25, 0.3) is 5.88 Å². The van der Waals surface area contributed by atoms with Gasteiger partial charge in [0, 0.05) is 12.4 Å². The Balaban J connectivity index is 2.28. The third-order valence-electron chi connectivity index (χ3n) is 1.97. The van der Waals surface area contributed by atoms with Gasteiger partial charge in [0.05, 0.1) is 0 Å². The molecule has 16 heavy (non-hydrogen) atoms. The first-order valence-corrected chi connectivity index (χ1v) is 4.95. The van der Waals surface area contributed by atoms with Gasteiger partial charge in [-0.2, -0.15) is 0 Å². The van der Waals surface area contributed by atoms with Crippen molar-refractivity contribution in [1.82, 2.24) is 9.97 Å². The minimum atomic E-state index is -0.280. The van der Waals surface area contributed by atoms with Crippen LogP contribution < -0.4 is 4.74 Å². The lowest BCUT2D eigenvalue weighted by molar-refractivity contribution is 0.458. The Bertz CT molecular complexity index is 519. The molecule has 5 heteroatoms. The average Bonchev–Trinajstić information content (AvgIpc) is 2.27. The summed E-state index contributed by atoms with van der Waals surface area (Å²) in [5.74, 6) is 0.397. The molecule has 0 N–H and O–H groups in total. The van der Waals surface area contributed by atoms with Crippen LogP contribution in [0.2, 0.25) is 5.15 Å². The zero-order valence-corrected chi connectivity index (χ0v) is 9.20. The average molecular weight is 239 g/mol. The van der Waals surface area contributed by atoms with Crippen LogP contribution in [0.25, 0.3) is 0 Å². The summed E-state index contributed by atoms with van der Waals surface area (Å²) in [6.45, 7) is 1.65. The number of benzene rings is 1. The van der Waals surface area contributed by atoms with E-state index in [-0.39, 0.29) is 16.9 Å². The van der Waals surface area contributed by atoms with Crippen molar-refractivity contribution in [3.05, 3.63) is 47.1 Å². The number of aromatic nitrogens is 2. The molecule has 0 unspecified atom stereocenters. The molecule has 2 rings (SSSR count). The predicted molar refractivity (Wildman–Crippen MR) is 58.3 cm³/mol. The van der Waals surface area contributed by atoms with Gasteiger partial charge in [0.1, 0.15) is 11.6 Å². The summed E-state index contributed by atoms with van der Waals surface area (Å²) in [4.78, 5) is 7.73. The van der Waals surface area contributed by atoms with Crippen molar-refractivity contribution in [1.29, 1.82) is 0 Å². The van der Waals surface area contributed by atoms with Crippen LogP contribution in [0, 0.1) is 12.7 Å². The summed E-state index contributed by atoms with van der Waals surface area (Å²) in [5.41, 5.74) is 0.498. The van der Waals surface area contributed by atoms with Crippen LogP contribution in [0.3, 0.4) is 0 Å². The van der Waals surface area contributed by atoms with Gasteiger partial charge < -0.3 is 4.74 Å². The summed E-state index contributed by atoms with van der Waals surface area (Å²) in [7, 11) is 0. The molecule has 0 bridgehead atoms. The Labute approximate surface area is 96.9 Å². The molecule has 0 saturated heterocycles. The van der Waals surface area contributed by atoms with Crippen LogP contribution in [-0.4, -0.2) is 9.97 Å². The topological polar surface area (TPSA) is 35.0 Å². The number of aryl methyl sites for hydroxylation is 1. The van der Waals surface area contributed by atoms with Crippen LogP contribution in [0.1, 0.15) is 5.56 Å². The van der Waals surface area contributed by atoms with Crippen LogP contribution in [0.4, 0.5) is 4.39 Å². The molecule has 2 aromatic rings. The largest absolute Gasteiger partial charge is 0.436 e. The van der Waals surface area contributed by atoms with Gasteiger partial charge in [-0.25, -0.2) is 14.4 Å². The van der Waals surface area contributed by atoms with Crippen molar-refractivity contribution < 1.29 is 9.13 Å². The highest BCUT2D eigenvalue weighted by atomic mass is 35.5. The molecule has 3 nitrogen and oxygen atoms in total. The molecule has 0 atom stereocenters. The van der Waals surface area contributed by atoms with Crippen LogP contribution >= 0.6 is 11.6 Å². The molecule has 0 amide bonds. The number of rotatable bonds is 2. The molecule has 0 aliphatic rings. The third-order valence-corrected chi connectivity index (χ3v) is 2.23. The molecular formula is C11H8ClFN2O. The van der Waals surface area contributed by atoms with E-state index >= 15 is 0 Å². The second-order valence-electron chi connectivity index (χ2n) is 3.17. The number of hydrogen-bond acceptors (Lipinski definition) is 3. The van der Waals surface area contributed by atoms with Crippen molar-refractivity contribution in [3.63, 3.8) is 0 Å². The first kappa shape index (κ1) is 10.8. The Kier molecular flexibility index (Phi) is 3.01. The zero-order chi connectivity index (χ0) is 11.5. The highest BCUT2D eigenvalue weighted by Crippen LogP contribution is 2.25. The number of halogens is 2. The van der Waals surface area contributed by atoms with Crippen molar-refractivity contribution in [2.24, 2.45) is 0 Å². The second-order valence-corrected chi connectivity index (χ2v) is 3.52. The summed E-state index contributed by atoms with van der Waals surface area (Å²) in [5, 5.41) is 0.171. The Morgan fingerprint density at radius 1 is 1.25 bits per heavy atom. The first-order chi connectivity index (χ1) is 7.66. The second kappa shape index (κ2) is 4.45. The molecule has 0 spiro atoms. The minimum Gasteiger partial charge on any atom is -0.436 e. The van der Waals surface area contributed by atoms with Crippen LogP contribution in [0.15, 0.2) is 30.6 Å². The van der Waals surface area contributed by atoms with Gasteiger partial charge in [-0.3, -0.25) is 0 Å². The van der Waals surface area contributed by atoms with Gasteiger partial charge >= 0.3 is 0 Å². The van der Waals surface area contributed by atoms with E-state index in [4.69, 9.17) is 16.3 Å². The van der Waals surface area contributed by atoms with E-state index in [9.17, 15) is 4.39 Å². The van der Waals surface area contributed by atoms with Gasteiger partial charge in [-0.05, 0) is 30.7 Å². The van der Waals surface area contributed by atoms with Crippen molar-refractivity contribution in [3.8, 4) is 11.6 Å². The summed E-state index contributed by atoms with van der Waals surface area (Å²) < 4.78 is 18.4. The quantitative estimate of drug-likeness (QED) is 0.805. The zero-order valence-electron chi connectivity index (χ0n) is 8.45. The monoisotopic (exact) mass is 238 g/mol. The van der Waals surface area contributed by atoms with E-state index < -0.39 is 0 Å². The highest BCUT2D eigenvalue weighted by molar-refractivity contribution is 6.30. The Morgan fingerprint density at radius 2 is 2.00 bits per heavy atom. The molecule has 82 valence electrons. The van der Waals surface area contributed by atoms with E-state index in [1.165, 1.54) is 24.5 Å². The molecule has 1 heterocycles. The predicted octanol–water partition coefficient (Wildman–Crippen LogP) is 3.37. The lowest BCUT2D eigenvalue weighted by Gasteiger charge is -2.06. The van der Waals surface area contributed by atoms with E-state index in [2.05, 4.69) is 9.97 Å². The van der Waals surface area contributed by atoms with E-state index in [0.717, 1.165) is 0 Å². The summed E-state index contributed by atoms with van der Waals surface area (Å²) >= 11 is 5.77. The fourth-order valence-corrected chi connectivity index (χ4v) is 1.31. The first-order valence-electron chi connectivity index (χ1n) is 4.57. The highest BCUT2D eigenvalue weighted by Gasteiger charge is 2.06. The van der Waals surface area contributed by atoms with Crippen molar-refractivity contribution in [2.45, 2.75) is 6.92 Å². The number of ether oxygens (including phenoxy) is 1. The smallest absolute Gasteiger partial charge is 0.257 e. The van der Waals surface area contributed by atoms with Crippen LogP contribution in [0.5, 0.6) is 11.6 Å². The Morgan fingerprint density at radius 3 is 2.69 bits per heavy atom. The van der Waals surface area contributed by atoms with Gasteiger partial charge in [-0.15, -0.1) is 0 Å². The molecule has 0 radical (unpaired) electrons. The fraction of sp³-hybridized carbons (Fsp3) is 0.0909. The van der Waals surface area contributed by atoms with E-state index in [1.807, 2.05) is 0 Å². The Hall–Kier alpha value is -1.68. The maximum absolute atomic E-state index is 13.0. The van der Waals surface area contributed by atoms with Gasteiger partial charge in [0.15, 0.2) is 5.15 Å². The summed E-state index contributed by atoms with van der Waals surface area (Å²) in [6.07, 6.45) is 2.93. The molecular weight excluding hydrogens is 231 g/mol. The maximum Gasteiger partial charge on any atom is 0.257 e. The van der Waals surface area contributed by atoms with Crippen molar-refractivity contribution in [2.75, 3.05) is 0 Å². The molecule has 0 fully saturated rings.